The summed E-state index contributed by atoms with van der Waals surface area (Å²) in [6.45, 7) is 17.6. The minimum absolute atomic E-state index is 0.126. The van der Waals surface area contributed by atoms with Crippen molar-refractivity contribution in [3.63, 3.8) is 0 Å². The Labute approximate surface area is 230 Å². The first kappa shape index (κ1) is 35.3. The van der Waals surface area contributed by atoms with E-state index in [9.17, 15) is 14.4 Å². The minimum atomic E-state index is -0.802. The van der Waals surface area contributed by atoms with Gasteiger partial charge in [0.05, 0.1) is 18.7 Å². The van der Waals surface area contributed by atoms with Crippen LogP contribution in [0.25, 0.3) is 0 Å². The highest BCUT2D eigenvalue weighted by Crippen LogP contribution is 2.26. The number of rotatable bonds is 11. The van der Waals surface area contributed by atoms with E-state index in [2.05, 4.69) is 5.32 Å². The van der Waals surface area contributed by atoms with Crippen LogP contribution in [0.3, 0.4) is 0 Å². The van der Waals surface area contributed by atoms with Gasteiger partial charge in [0.25, 0.3) is 0 Å². The van der Waals surface area contributed by atoms with Gasteiger partial charge in [0.15, 0.2) is 0 Å². The molecule has 0 aromatic heterocycles. The summed E-state index contributed by atoms with van der Waals surface area (Å²) in [4.78, 5) is 37.1. The van der Waals surface area contributed by atoms with Gasteiger partial charge in [-0.05, 0) is 49.6 Å². The van der Waals surface area contributed by atoms with E-state index in [4.69, 9.17) is 15.6 Å². The second-order valence-corrected chi connectivity index (χ2v) is 11.8. The van der Waals surface area contributed by atoms with Crippen LogP contribution in [0.2, 0.25) is 0 Å². The van der Waals surface area contributed by atoms with Gasteiger partial charge in [-0.15, -0.1) is 0 Å². The topological polar surface area (TPSA) is 122 Å². The van der Waals surface area contributed by atoms with Crippen molar-refractivity contribution in [1.82, 2.24) is 10.2 Å². The van der Waals surface area contributed by atoms with Crippen molar-refractivity contribution in [2.24, 2.45) is 22.5 Å². The van der Waals surface area contributed by atoms with Gasteiger partial charge < -0.3 is 25.8 Å². The number of benzene rings is 1. The van der Waals surface area contributed by atoms with Gasteiger partial charge in [-0.1, -0.05) is 84.9 Å². The molecule has 8 heteroatoms. The Morgan fingerprint density at radius 3 is 2.03 bits per heavy atom. The Morgan fingerprint density at radius 2 is 1.63 bits per heavy atom. The molecule has 1 unspecified atom stereocenters. The summed E-state index contributed by atoms with van der Waals surface area (Å²) in [7, 11) is 3.42. The van der Waals surface area contributed by atoms with Crippen LogP contribution in [-0.4, -0.2) is 66.7 Å². The highest BCUT2D eigenvalue weighted by molar-refractivity contribution is 5.88. The van der Waals surface area contributed by atoms with Crippen molar-refractivity contribution in [3.8, 4) is 0 Å². The van der Waals surface area contributed by atoms with E-state index in [0.717, 1.165) is 12.0 Å². The number of aliphatic carboxylic acids is 1. The molecule has 38 heavy (non-hydrogen) atoms. The molecule has 0 spiro atoms. The van der Waals surface area contributed by atoms with E-state index in [1.807, 2.05) is 78.8 Å². The van der Waals surface area contributed by atoms with Gasteiger partial charge in [-0.3, -0.25) is 9.59 Å². The lowest BCUT2D eigenvalue weighted by atomic mass is 9.79. The normalized spacial score (nSPS) is 14.6. The molecule has 4 N–H and O–H groups in total. The van der Waals surface area contributed by atoms with E-state index < -0.39 is 18.1 Å². The lowest BCUT2D eigenvalue weighted by Gasteiger charge is -2.35. The summed E-state index contributed by atoms with van der Waals surface area (Å²) < 4.78 is 4.99. The number of carbonyl (C=O) groups is 3. The number of amides is 1. The van der Waals surface area contributed by atoms with Crippen LogP contribution in [0.5, 0.6) is 0 Å². The molecule has 1 amide bonds. The number of hydrogen-bond donors (Lipinski definition) is 3. The molecule has 1 rings (SSSR count). The van der Waals surface area contributed by atoms with Gasteiger partial charge >= 0.3 is 11.9 Å². The average Bonchev–Trinajstić information content (AvgIpc) is 2.81. The van der Waals surface area contributed by atoms with E-state index in [-0.39, 0.29) is 34.7 Å². The summed E-state index contributed by atoms with van der Waals surface area (Å²) in [5.74, 6) is -1.12. The fraction of sp³-hybridized carbons (Fsp3) is 0.633. The van der Waals surface area contributed by atoms with Crippen LogP contribution < -0.4 is 11.1 Å². The predicted octanol–water partition coefficient (Wildman–Crippen LogP) is 4.28. The van der Waals surface area contributed by atoms with E-state index in [1.165, 1.54) is 0 Å². The lowest BCUT2D eigenvalue weighted by Crippen LogP contribution is -2.52. The van der Waals surface area contributed by atoms with Gasteiger partial charge in [-0.25, -0.2) is 4.79 Å². The average molecular weight is 534 g/mol. The summed E-state index contributed by atoms with van der Waals surface area (Å²) in [5, 5.41) is 12.0. The minimum Gasteiger partial charge on any atom is -0.480 e. The molecule has 0 fully saturated rings. The lowest BCUT2D eigenvalue weighted by molar-refractivity contribution is -0.142. The number of nitrogens with zero attached hydrogens (tertiary/aromatic N) is 1. The van der Waals surface area contributed by atoms with Gasteiger partial charge in [-0.2, -0.15) is 0 Å². The van der Waals surface area contributed by atoms with Crippen LogP contribution in [0.4, 0.5) is 0 Å². The molecule has 216 valence electrons. The summed E-state index contributed by atoms with van der Waals surface area (Å²) in [6, 6.07) is 8.63. The Kier molecular flexibility index (Phi) is 14.5. The maximum Gasteiger partial charge on any atom is 0.333 e. The maximum atomic E-state index is 12.6. The van der Waals surface area contributed by atoms with Crippen molar-refractivity contribution in [2.75, 3.05) is 20.7 Å². The van der Waals surface area contributed by atoms with Crippen molar-refractivity contribution in [2.45, 2.75) is 86.9 Å². The molecule has 1 aromatic rings. The van der Waals surface area contributed by atoms with E-state index in [0.29, 0.717) is 12.2 Å². The number of ether oxygens (including phenoxy) is 1. The molecule has 8 nitrogen and oxygen atoms in total. The third-order valence-electron chi connectivity index (χ3n) is 6.51. The molecule has 0 bridgehead atoms. The number of likely N-dealkylation sites (N-methyl/N-ethyl adjacent to an activating group) is 2. The van der Waals surface area contributed by atoms with Gasteiger partial charge in [0, 0.05) is 12.6 Å². The fourth-order valence-corrected chi connectivity index (χ4v) is 4.13. The molecule has 0 aliphatic heterocycles. The second kappa shape index (κ2) is 15.6. The first-order valence-electron chi connectivity index (χ1n) is 13.2. The van der Waals surface area contributed by atoms with Crippen molar-refractivity contribution in [3.05, 3.63) is 47.5 Å². The van der Waals surface area contributed by atoms with Crippen LogP contribution in [-0.2, 0) is 25.5 Å². The highest BCUT2D eigenvalue weighted by atomic mass is 16.5. The number of nitrogens with one attached hydrogen (secondary N) is 1. The monoisotopic (exact) mass is 533 g/mol. The predicted molar refractivity (Wildman–Crippen MR) is 154 cm³/mol. The van der Waals surface area contributed by atoms with Crippen LogP contribution in [0.1, 0.15) is 67.9 Å². The molecule has 0 aliphatic carbocycles. The zero-order valence-corrected chi connectivity index (χ0v) is 25.3. The first-order chi connectivity index (χ1) is 17.4. The summed E-state index contributed by atoms with van der Waals surface area (Å²) in [6.07, 6.45) is 2.53. The largest absolute Gasteiger partial charge is 0.480 e. The quantitative estimate of drug-likeness (QED) is 0.287. The number of carbonyl (C=O) groups excluding carboxylic acids is 2. The Hall–Kier alpha value is -2.71. The number of nitrogens with two attached hydrogens (primary N) is 1. The zero-order valence-electron chi connectivity index (χ0n) is 25.3. The number of hydrogen-bond acceptors (Lipinski definition) is 6. The van der Waals surface area contributed by atoms with E-state index >= 15 is 0 Å². The Balaban J connectivity index is 0.000000755. The maximum absolute atomic E-state index is 12.6. The molecule has 0 saturated heterocycles. The molecular weight excluding hydrogens is 482 g/mol. The van der Waals surface area contributed by atoms with Gasteiger partial charge in [0.2, 0.25) is 5.91 Å². The summed E-state index contributed by atoms with van der Waals surface area (Å²) in [5.41, 5.74) is 7.10. The molecule has 0 saturated carbocycles. The fourth-order valence-electron chi connectivity index (χ4n) is 4.13. The molecular formula is C30H51N3O5. The SMILES string of the molecule is CCOC(=O)/C(C)=C/[C@H](C(C)C)N(C)C(=O)[C@@H](N)C(C)(C)C.CNC(C(=O)O)C(C)(C)Cc1ccccc1. The number of carboxylic acid groups (broad SMARTS) is 1. The molecule has 0 aliphatic rings. The third-order valence-corrected chi connectivity index (χ3v) is 6.51. The van der Waals surface area contributed by atoms with Crippen molar-refractivity contribution < 1.29 is 24.2 Å². The highest BCUT2D eigenvalue weighted by Gasteiger charge is 2.34. The number of esters is 1. The molecule has 3 atom stereocenters. The third kappa shape index (κ3) is 11.4. The van der Waals surface area contributed by atoms with Crippen LogP contribution >= 0.6 is 0 Å². The second-order valence-electron chi connectivity index (χ2n) is 11.8. The number of carboxylic acids is 1. The standard InChI is InChI=1S/C17H32N2O3.C13H19NO2/c1-9-22-16(21)12(4)10-13(11(2)3)19(8)15(20)14(18)17(5,6)7;1-13(2,11(14-3)12(15)16)9-10-7-5-4-6-8-10/h10-11,13-14H,9,18H2,1-8H3;4-8,11,14H,9H2,1-3H3,(H,15,16)/b12-10+;/t13-,14-;/m1./s1. The van der Waals surface area contributed by atoms with Crippen molar-refractivity contribution >= 4 is 17.8 Å². The van der Waals surface area contributed by atoms with Crippen LogP contribution in [0, 0.1) is 16.7 Å². The van der Waals surface area contributed by atoms with Crippen molar-refractivity contribution in [1.29, 1.82) is 0 Å². The van der Waals surface area contributed by atoms with Crippen LogP contribution in [0.15, 0.2) is 42.0 Å². The molecule has 0 radical (unpaired) electrons. The smallest absolute Gasteiger partial charge is 0.333 e. The first-order valence-corrected chi connectivity index (χ1v) is 13.2. The zero-order chi connectivity index (χ0) is 29.8. The van der Waals surface area contributed by atoms with E-state index in [1.54, 1.807) is 38.9 Å². The Morgan fingerprint density at radius 1 is 1.11 bits per heavy atom. The molecule has 0 heterocycles. The summed E-state index contributed by atoms with van der Waals surface area (Å²) >= 11 is 0. The van der Waals surface area contributed by atoms with Gasteiger partial charge in [0.1, 0.15) is 6.04 Å². The molecule has 1 aromatic carbocycles. The Bertz CT molecular complexity index is 920.